The van der Waals surface area contributed by atoms with E-state index < -0.39 is 0 Å². The number of fused-ring (bicyclic) bond motifs is 1. The minimum atomic E-state index is 0.784. The summed E-state index contributed by atoms with van der Waals surface area (Å²) < 4.78 is 2.79. The third-order valence-electron chi connectivity index (χ3n) is 2.60. The monoisotopic (exact) mass is 320 g/mol. The molecule has 0 saturated heterocycles. The van der Waals surface area contributed by atoms with E-state index in [1.807, 2.05) is 41.0 Å². The maximum Gasteiger partial charge on any atom is 0.195 e. The number of rotatable bonds is 2. The Morgan fingerprint density at radius 2 is 2.00 bits per heavy atom. The molecule has 0 bridgehead atoms. The molecule has 0 radical (unpaired) electrons. The molecule has 0 aliphatic heterocycles. The van der Waals surface area contributed by atoms with Crippen LogP contribution >= 0.6 is 27.7 Å². The van der Waals surface area contributed by atoms with E-state index in [0.29, 0.717) is 0 Å². The van der Waals surface area contributed by atoms with Crippen molar-refractivity contribution in [1.29, 1.82) is 0 Å². The summed E-state index contributed by atoms with van der Waals surface area (Å²) in [6, 6.07) is 10.1. The lowest BCUT2D eigenvalue weighted by atomic mass is 10.2. The smallest absolute Gasteiger partial charge is 0.195 e. The second-order valence-corrected chi connectivity index (χ2v) is 5.17. The highest BCUT2D eigenvalue weighted by Crippen LogP contribution is 2.28. The van der Waals surface area contributed by atoms with Crippen LogP contribution in [-0.4, -0.2) is 25.8 Å². The molecule has 2 heterocycles. The van der Waals surface area contributed by atoms with Gasteiger partial charge in [0.05, 0.1) is 6.20 Å². The molecule has 18 heavy (non-hydrogen) atoms. The van der Waals surface area contributed by atoms with Gasteiger partial charge >= 0.3 is 0 Å². The van der Waals surface area contributed by atoms with E-state index in [-0.39, 0.29) is 0 Å². The van der Waals surface area contributed by atoms with Gasteiger partial charge in [0.25, 0.3) is 0 Å². The van der Waals surface area contributed by atoms with Crippen LogP contribution in [0.5, 0.6) is 0 Å². The van der Waals surface area contributed by atoms with E-state index in [1.165, 1.54) is 0 Å². The lowest BCUT2D eigenvalue weighted by Gasteiger charge is -2.04. The average molecular weight is 321 g/mol. The number of imidazole rings is 1. The molecule has 1 aromatic carbocycles. The fourth-order valence-electron chi connectivity index (χ4n) is 1.80. The first-order chi connectivity index (χ1) is 8.81. The Balaban J connectivity index is 2.37. The Bertz CT molecular complexity index is 696. The van der Waals surface area contributed by atoms with E-state index in [9.17, 15) is 0 Å². The molecule has 0 N–H and O–H groups in total. The molecule has 6 heteroatoms. The Labute approximate surface area is 117 Å². The highest BCUT2D eigenvalue weighted by Gasteiger charge is 2.14. The number of thioether (sulfide) groups is 1. The maximum absolute atomic E-state index is 4.55. The van der Waals surface area contributed by atoms with Crippen LogP contribution in [0.15, 0.2) is 46.3 Å². The lowest BCUT2D eigenvalue weighted by Crippen LogP contribution is -1.97. The second kappa shape index (κ2) is 4.70. The van der Waals surface area contributed by atoms with Gasteiger partial charge in [-0.1, -0.05) is 42.1 Å². The molecule has 4 nitrogen and oxygen atoms in total. The summed E-state index contributed by atoms with van der Waals surface area (Å²) >= 11 is 5.02. The van der Waals surface area contributed by atoms with Gasteiger partial charge in [-0.05, 0) is 22.2 Å². The van der Waals surface area contributed by atoms with Gasteiger partial charge in [0.2, 0.25) is 0 Å². The van der Waals surface area contributed by atoms with E-state index in [1.54, 1.807) is 18.0 Å². The van der Waals surface area contributed by atoms with Gasteiger partial charge in [0, 0.05) is 5.56 Å². The average Bonchev–Trinajstić information content (AvgIpc) is 2.77. The van der Waals surface area contributed by atoms with E-state index in [0.717, 1.165) is 26.7 Å². The quantitative estimate of drug-likeness (QED) is 0.680. The molecule has 0 fully saturated rings. The SMILES string of the molecule is CSc1nncc2c(Br)nc(-c3ccccc3)n12. The number of halogens is 1. The molecular formula is C12H9BrN4S. The van der Waals surface area contributed by atoms with Crippen molar-refractivity contribution in [2.75, 3.05) is 6.26 Å². The van der Waals surface area contributed by atoms with Crippen molar-refractivity contribution in [3.63, 3.8) is 0 Å². The van der Waals surface area contributed by atoms with Crippen molar-refractivity contribution in [3.05, 3.63) is 41.1 Å². The zero-order valence-corrected chi connectivity index (χ0v) is 11.9. The highest BCUT2D eigenvalue weighted by atomic mass is 79.9. The van der Waals surface area contributed by atoms with Crippen LogP contribution in [0.1, 0.15) is 0 Å². The molecule has 0 aliphatic carbocycles. The number of hydrogen-bond acceptors (Lipinski definition) is 4. The molecule has 90 valence electrons. The molecule has 3 rings (SSSR count). The van der Waals surface area contributed by atoms with Crippen LogP contribution in [-0.2, 0) is 0 Å². The topological polar surface area (TPSA) is 43.1 Å². The van der Waals surface area contributed by atoms with Crippen LogP contribution in [0.25, 0.3) is 16.9 Å². The Kier molecular flexibility index (Phi) is 3.05. The molecule has 3 aromatic rings. The normalized spacial score (nSPS) is 11.0. The fourth-order valence-corrected chi connectivity index (χ4v) is 2.75. The van der Waals surface area contributed by atoms with E-state index in [2.05, 4.69) is 31.1 Å². The predicted molar refractivity (Wildman–Crippen MR) is 75.7 cm³/mol. The molecule has 0 atom stereocenters. The van der Waals surface area contributed by atoms with Crippen LogP contribution in [0.3, 0.4) is 0 Å². The first-order valence-electron chi connectivity index (χ1n) is 5.30. The third-order valence-corrected chi connectivity index (χ3v) is 3.81. The molecule has 0 unspecified atom stereocenters. The molecule has 0 spiro atoms. The summed E-state index contributed by atoms with van der Waals surface area (Å²) in [5.74, 6) is 0.872. The summed E-state index contributed by atoms with van der Waals surface area (Å²) in [5, 5.41) is 8.95. The molecule has 2 aromatic heterocycles. The van der Waals surface area contributed by atoms with Crippen molar-refractivity contribution in [3.8, 4) is 11.4 Å². The molecule has 0 amide bonds. The summed E-state index contributed by atoms with van der Waals surface area (Å²) in [6.07, 6.45) is 3.69. The minimum absolute atomic E-state index is 0.784. The Hall–Kier alpha value is -1.40. The molecule has 0 aliphatic rings. The first-order valence-corrected chi connectivity index (χ1v) is 7.32. The van der Waals surface area contributed by atoms with E-state index in [4.69, 9.17) is 0 Å². The summed E-state index contributed by atoms with van der Waals surface area (Å²) in [7, 11) is 0. The Morgan fingerprint density at radius 3 is 2.72 bits per heavy atom. The van der Waals surface area contributed by atoms with Gasteiger partial charge < -0.3 is 0 Å². The standard InChI is InChI=1S/C12H9BrN4S/c1-18-12-16-14-7-9-10(13)15-11(17(9)12)8-5-3-2-4-6-8/h2-7H,1H3. The number of benzene rings is 1. The second-order valence-electron chi connectivity index (χ2n) is 3.64. The van der Waals surface area contributed by atoms with E-state index >= 15 is 0 Å². The lowest BCUT2D eigenvalue weighted by molar-refractivity contribution is 0.812. The fraction of sp³-hybridized carbons (Fsp3) is 0.0833. The van der Waals surface area contributed by atoms with Crippen molar-refractivity contribution in [2.45, 2.75) is 5.16 Å². The van der Waals surface area contributed by atoms with Crippen LogP contribution in [0.4, 0.5) is 0 Å². The van der Waals surface area contributed by atoms with Gasteiger partial charge in [-0.15, -0.1) is 5.10 Å². The highest BCUT2D eigenvalue weighted by molar-refractivity contribution is 9.10. The zero-order valence-electron chi connectivity index (χ0n) is 9.54. The summed E-state index contributed by atoms with van der Waals surface area (Å²) in [6.45, 7) is 0. The van der Waals surface area contributed by atoms with Gasteiger partial charge in [-0.3, -0.25) is 4.40 Å². The van der Waals surface area contributed by atoms with Gasteiger partial charge in [0.15, 0.2) is 5.16 Å². The van der Waals surface area contributed by atoms with Gasteiger partial charge in [0.1, 0.15) is 15.9 Å². The van der Waals surface area contributed by atoms with Gasteiger partial charge in [-0.25, -0.2) is 4.98 Å². The van der Waals surface area contributed by atoms with Crippen LogP contribution < -0.4 is 0 Å². The molecule has 0 saturated carbocycles. The minimum Gasteiger partial charge on any atom is -0.267 e. The van der Waals surface area contributed by atoms with Gasteiger partial charge in [-0.2, -0.15) is 5.10 Å². The predicted octanol–water partition coefficient (Wildman–Crippen LogP) is 3.28. The van der Waals surface area contributed by atoms with Crippen LogP contribution in [0.2, 0.25) is 0 Å². The number of aromatic nitrogens is 4. The molecular weight excluding hydrogens is 312 g/mol. The van der Waals surface area contributed by atoms with Crippen molar-refractivity contribution < 1.29 is 0 Å². The van der Waals surface area contributed by atoms with Crippen molar-refractivity contribution >= 4 is 33.2 Å². The first kappa shape index (κ1) is 11.7. The zero-order chi connectivity index (χ0) is 12.5. The number of nitrogens with zero attached hydrogens (tertiary/aromatic N) is 4. The Morgan fingerprint density at radius 1 is 1.22 bits per heavy atom. The summed E-state index contributed by atoms with van der Waals surface area (Å²) in [4.78, 5) is 4.55. The third kappa shape index (κ3) is 1.81. The van der Waals surface area contributed by atoms with Crippen molar-refractivity contribution in [2.24, 2.45) is 0 Å². The maximum atomic E-state index is 4.55. The number of hydrogen-bond donors (Lipinski definition) is 0. The largest absolute Gasteiger partial charge is 0.267 e. The van der Waals surface area contributed by atoms with Crippen LogP contribution in [0, 0.1) is 0 Å². The summed E-state index contributed by atoms with van der Waals surface area (Å²) in [5.41, 5.74) is 1.98. The van der Waals surface area contributed by atoms with Crippen molar-refractivity contribution in [1.82, 2.24) is 19.6 Å².